The molecule has 1 aromatic rings. The molecule has 6 heteroatoms. The fourth-order valence-electron chi connectivity index (χ4n) is 1.50. The number of aliphatic hydroxyl groups excluding tert-OH is 1. The number of hydrogen-bond donors (Lipinski definition) is 3. The highest BCUT2D eigenvalue weighted by Crippen LogP contribution is 2.25. The first kappa shape index (κ1) is 13.5. The summed E-state index contributed by atoms with van der Waals surface area (Å²) < 4.78 is 0. The molecule has 0 saturated carbocycles. The Morgan fingerprint density at radius 1 is 1.41 bits per heavy atom. The SMILES string of the molecule is Nc1cccc(CC(=O)CCl)c1C(O)C(=O)O. The van der Waals surface area contributed by atoms with E-state index < -0.39 is 12.1 Å². The Bertz CT molecular complexity index is 447. The van der Waals surface area contributed by atoms with Crippen molar-refractivity contribution in [3.8, 4) is 0 Å². The van der Waals surface area contributed by atoms with Crippen molar-refractivity contribution in [1.82, 2.24) is 0 Å². The van der Waals surface area contributed by atoms with Crippen molar-refractivity contribution in [1.29, 1.82) is 0 Å². The van der Waals surface area contributed by atoms with Crippen LogP contribution in [-0.4, -0.2) is 27.8 Å². The van der Waals surface area contributed by atoms with Crippen LogP contribution < -0.4 is 5.73 Å². The molecule has 0 fully saturated rings. The van der Waals surface area contributed by atoms with Crippen molar-refractivity contribution in [2.75, 3.05) is 11.6 Å². The molecule has 1 aromatic carbocycles. The van der Waals surface area contributed by atoms with E-state index in [9.17, 15) is 14.7 Å². The second kappa shape index (κ2) is 5.65. The molecule has 1 atom stereocenters. The van der Waals surface area contributed by atoms with Gasteiger partial charge in [-0.25, -0.2) is 4.79 Å². The highest BCUT2D eigenvalue weighted by molar-refractivity contribution is 6.27. The number of aliphatic hydroxyl groups is 1. The summed E-state index contributed by atoms with van der Waals surface area (Å²) in [7, 11) is 0. The Hall–Kier alpha value is -1.59. The van der Waals surface area contributed by atoms with Crippen LogP contribution in [0.15, 0.2) is 18.2 Å². The summed E-state index contributed by atoms with van der Waals surface area (Å²) in [4.78, 5) is 22.0. The van der Waals surface area contributed by atoms with E-state index in [1.165, 1.54) is 6.07 Å². The lowest BCUT2D eigenvalue weighted by Gasteiger charge is -2.14. The maximum absolute atomic E-state index is 11.2. The number of anilines is 1. The standard InChI is InChI=1S/C11H12ClNO4/c12-5-7(14)4-6-2-1-3-8(13)9(6)10(15)11(16)17/h1-3,10,15H,4-5,13H2,(H,16,17). The molecule has 0 radical (unpaired) electrons. The van der Waals surface area contributed by atoms with E-state index in [2.05, 4.69) is 0 Å². The third-order valence-electron chi connectivity index (χ3n) is 2.27. The molecule has 0 heterocycles. The van der Waals surface area contributed by atoms with Gasteiger partial charge in [0.25, 0.3) is 0 Å². The third kappa shape index (κ3) is 3.18. The summed E-state index contributed by atoms with van der Waals surface area (Å²) in [6.45, 7) is 0. The van der Waals surface area contributed by atoms with Crippen LogP contribution in [0.1, 0.15) is 17.2 Å². The number of rotatable bonds is 5. The zero-order valence-corrected chi connectivity index (χ0v) is 9.65. The highest BCUT2D eigenvalue weighted by atomic mass is 35.5. The van der Waals surface area contributed by atoms with Gasteiger partial charge in [0.15, 0.2) is 11.9 Å². The molecule has 0 aliphatic rings. The number of halogens is 1. The van der Waals surface area contributed by atoms with Gasteiger partial charge in [-0.2, -0.15) is 0 Å². The van der Waals surface area contributed by atoms with Gasteiger partial charge in [-0.05, 0) is 11.6 Å². The van der Waals surface area contributed by atoms with Crippen LogP contribution in [0.4, 0.5) is 5.69 Å². The number of carboxylic acid groups (broad SMARTS) is 1. The predicted octanol–water partition coefficient (Wildman–Crippen LogP) is 0.737. The number of aliphatic carboxylic acids is 1. The molecule has 0 aliphatic carbocycles. The summed E-state index contributed by atoms with van der Waals surface area (Å²) in [5.41, 5.74) is 6.18. The zero-order valence-electron chi connectivity index (χ0n) is 8.89. The van der Waals surface area contributed by atoms with E-state index in [4.69, 9.17) is 22.4 Å². The Morgan fingerprint density at radius 3 is 2.59 bits per heavy atom. The smallest absolute Gasteiger partial charge is 0.337 e. The number of hydrogen-bond acceptors (Lipinski definition) is 4. The summed E-state index contributed by atoms with van der Waals surface area (Å²) in [6, 6.07) is 4.60. The minimum Gasteiger partial charge on any atom is -0.479 e. The third-order valence-corrected chi connectivity index (χ3v) is 2.57. The first-order valence-electron chi connectivity index (χ1n) is 4.83. The average molecular weight is 258 g/mol. The van der Waals surface area contributed by atoms with Gasteiger partial charge < -0.3 is 15.9 Å². The molecular weight excluding hydrogens is 246 g/mol. The van der Waals surface area contributed by atoms with E-state index >= 15 is 0 Å². The van der Waals surface area contributed by atoms with E-state index in [0.29, 0.717) is 5.56 Å². The number of carbonyl (C=O) groups is 2. The summed E-state index contributed by atoms with van der Waals surface area (Å²) in [6.07, 6.45) is -1.79. The number of ketones is 1. The number of nitrogen functional groups attached to an aromatic ring is 1. The number of nitrogens with two attached hydrogens (primary N) is 1. The summed E-state index contributed by atoms with van der Waals surface area (Å²) in [5, 5.41) is 18.3. The van der Waals surface area contributed by atoms with Crippen molar-refractivity contribution >= 4 is 29.0 Å². The Morgan fingerprint density at radius 2 is 2.06 bits per heavy atom. The fourth-order valence-corrected chi connectivity index (χ4v) is 1.60. The van der Waals surface area contributed by atoms with Gasteiger partial charge in [-0.3, -0.25) is 4.79 Å². The summed E-state index contributed by atoms with van der Waals surface area (Å²) >= 11 is 5.38. The van der Waals surface area contributed by atoms with E-state index in [0.717, 1.165) is 0 Å². The van der Waals surface area contributed by atoms with E-state index in [1.807, 2.05) is 0 Å². The number of Topliss-reactive ketones (excluding diaryl/α,β-unsaturated/α-hetero) is 1. The first-order chi connectivity index (χ1) is 7.97. The zero-order chi connectivity index (χ0) is 13.0. The monoisotopic (exact) mass is 257 g/mol. The predicted molar refractivity (Wildman–Crippen MR) is 62.9 cm³/mol. The van der Waals surface area contributed by atoms with Crippen molar-refractivity contribution in [3.05, 3.63) is 29.3 Å². The Kier molecular flexibility index (Phi) is 4.48. The molecule has 1 rings (SSSR count). The normalized spacial score (nSPS) is 12.1. The minimum atomic E-state index is -1.74. The number of carboxylic acids is 1. The molecule has 4 N–H and O–H groups in total. The van der Waals surface area contributed by atoms with Gasteiger partial charge in [0.05, 0.1) is 5.88 Å². The van der Waals surface area contributed by atoms with Gasteiger partial charge in [-0.15, -0.1) is 11.6 Å². The molecule has 0 aromatic heterocycles. The topological polar surface area (TPSA) is 101 Å². The molecular formula is C11H12ClNO4. The van der Waals surface area contributed by atoms with Crippen LogP contribution in [0.2, 0.25) is 0 Å². The van der Waals surface area contributed by atoms with Gasteiger partial charge in [0, 0.05) is 17.7 Å². The molecule has 0 amide bonds. The number of alkyl halides is 1. The minimum absolute atomic E-state index is 0.0474. The maximum Gasteiger partial charge on any atom is 0.337 e. The van der Waals surface area contributed by atoms with Crippen LogP contribution >= 0.6 is 11.6 Å². The van der Waals surface area contributed by atoms with Gasteiger partial charge >= 0.3 is 5.97 Å². The van der Waals surface area contributed by atoms with Crippen LogP contribution in [-0.2, 0) is 16.0 Å². The quantitative estimate of drug-likeness (QED) is 0.533. The molecule has 5 nitrogen and oxygen atoms in total. The van der Waals surface area contributed by atoms with Crippen LogP contribution in [0.25, 0.3) is 0 Å². The number of benzene rings is 1. The Balaban J connectivity index is 3.17. The van der Waals surface area contributed by atoms with Gasteiger partial charge in [0.2, 0.25) is 0 Å². The molecule has 0 spiro atoms. The second-order valence-corrected chi connectivity index (χ2v) is 3.78. The molecule has 0 bridgehead atoms. The molecule has 0 saturated heterocycles. The van der Waals surface area contributed by atoms with Crippen LogP contribution in [0, 0.1) is 0 Å². The lowest BCUT2D eigenvalue weighted by molar-refractivity contribution is -0.147. The molecule has 0 aliphatic heterocycles. The van der Waals surface area contributed by atoms with Crippen LogP contribution in [0.5, 0.6) is 0 Å². The fraction of sp³-hybridized carbons (Fsp3) is 0.273. The number of carbonyl (C=O) groups excluding carboxylic acids is 1. The molecule has 17 heavy (non-hydrogen) atoms. The van der Waals surface area contributed by atoms with Crippen molar-refractivity contribution in [2.45, 2.75) is 12.5 Å². The average Bonchev–Trinajstić information content (AvgIpc) is 2.28. The van der Waals surface area contributed by atoms with E-state index in [1.54, 1.807) is 12.1 Å². The van der Waals surface area contributed by atoms with Crippen molar-refractivity contribution in [3.63, 3.8) is 0 Å². The lowest BCUT2D eigenvalue weighted by Crippen LogP contribution is -2.17. The van der Waals surface area contributed by atoms with Crippen molar-refractivity contribution in [2.24, 2.45) is 0 Å². The largest absolute Gasteiger partial charge is 0.479 e. The molecule has 1 unspecified atom stereocenters. The van der Waals surface area contributed by atoms with Gasteiger partial charge in [0.1, 0.15) is 0 Å². The summed E-state index contributed by atoms with van der Waals surface area (Å²) in [5.74, 6) is -1.85. The first-order valence-corrected chi connectivity index (χ1v) is 5.36. The van der Waals surface area contributed by atoms with Crippen LogP contribution in [0.3, 0.4) is 0 Å². The Labute approximate surface area is 103 Å². The lowest BCUT2D eigenvalue weighted by atomic mass is 9.97. The van der Waals surface area contributed by atoms with Gasteiger partial charge in [-0.1, -0.05) is 12.1 Å². The highest BCUT2D eigenvalue weighted by Gasteiger charge is 2.22. The second-order valence-electron chi connectivity index (χ2n) is 3.51. The molecule has 92 valence electrons. The van der Waals surface area contributed by atoms with Crippen molar-refractivity contribution < 1.29 is 19.8 Å². The van der Waals surface area contributed by atoms with E-state index in [-0.39, 0.29) is 29.3 Å². The maximum atomic E-state index is 11.2.